The number of nitrogens with zero attached hydrogens (tertiary/aromatic N) is 2. The summed E-state index contributed by atoms with van der Waals surface area (Å²) >= 11 is 6.03. The summed E-state index contributed by atoms with van der Waals surface area (Å²) in [7, 11) is 4.13. The Bertz CT molecular complexity index is 708. The molecule has 22 heavy (non-hydrogen) atoms. The van der Waals surface area contributed by atoms with Gasteiger partial charge in [-0.15, -0.1) is 0 Å². The first-order valence-electron chi connectivity index (χ1n) is 7.58. The Morgan fingerprint density at radius 2 is 2.23 bits per heavy atom. The van der Waals surface area contributed by atoms with Crippen LogP contribution in [0.2, 0.25) is 5.02 Å². The average molecular weight is 321 g/mol. The maximum absolute atomic E-state index is 12.7. The number of fused-ring (bicyclic) bond motifs is 1. The number of hydrogen-bond donors (Lipinski definition) is 0. The van der Waals surface area contributed by atoms with Crippen LogP contribution in [0.15, 0.2) is 22.6 Å². The van der Waals surface area contributed by atoms with Crippen molar-refractivity contribution < 1.29 is 9.21 Å². The third-order valence-corrected chi connectivity index (χ3v) is 4.52. The van der Waals surface area contributed by atoms with E-state index in [9.17, 15) is 4.79 Å². The molecule has 118 valence electrons. The van der Waals surface area contributed by atoms with Crippen molar-refractivity contribution >= 4 is 28.5 Å². The lowest BCUT2D eigenvalue weighted by molar-refractivity contribution is 0.0755. The molecule has 1 saturated heterocycles. The van der Waals surface area contributed by atoms with Gasteiger partial charge in [-0.05, 0) is 51.6 Å². The summed E-state index contributed by atoms with van der Waals surface area (Å²) in [5.74, 6) is 0.979. The summed E-state index contributed by atoms with van der Waals surface area (Å²) in [5.41, 5.74) is 1.59. The number of amides is 1. The van der Waals surface area contributed by atoms with Crippen molar-refractivity contribution in [3.8, 4) is 0 Å². The summed E-state index contributed by atoms with van der Waals surface area (Å²) in [6.45, 7) is 4.53. The van der Waals surface area contributed by atoms with E-state index in [1.54, 1.807) is 6.07 Å². The van der Waals surface area contributed by atoms with Crippen molar-refractivity contribution in [3.05, 3.63) is 34.5 Å². The van der Waals surface area contributed by atoms with Gasteiger partial charge in [0.1, 0.15) is 5.58 Å². The van der Waals surface area contributed by atoms with E-state index in [4.69, 9.17) is 16.0 Å². The molecule has 1 aliphatic rings. The third-order valence-electron chi connectivity index (χ3n) is 4.29. The molecule has 1 aliphatic heterocycles. The van der Waals surface area contributed by atoms with E-state index in [0.29, 0.717) is 22.3 Å². The first-order chi connectivity index (χ1) is 10.5. The molecule has 1 atom stereocenters. The number of carbonyl (C=O) groups is 1. The van der Waals surface area contributed by atoms with Crippen LogP contribution in [0.5, 0.6) is 0 Å². The Hall–Kier alpha value is -1.52. The van der Waals surface area contributed by atoms with Crippen molar-refractivity contribution in [2.75, 3.05) is 33.7 Å². The summed E-state index contributed by atoms with van der Waals surface area (Å²) in [4.78, 5) is 16.8. The van der Waals surface area contributed by atoms with Crippen molar-refractivity contribution in [3.63, 3.8) is 0 Å². The molecule has 0 saturated carbocycles. The van der Waals surface area contributed by atoms with Gasteiger partial charge in [0.25, 0.3) is 5.91 Å². The average Bonchev–Trinajstić information content (AvgIpc) is 3.03. The Balaban J connectivity index is 1.82. The number of likely N-dealkylation sites (tertiary alicyclic amines) is 1. The molecule has 0 radical (unpaired) electrons. The fraction of sp³-hybridized carbons (Fsp3) is 0.471. The van der Waals surface area contributed by atoms with Crippen LogP contribution in [0.3, 0.4) is 0 Å². The number of benzene rings is 1. The van der Waals surface area contributed by atoms with Gasteiger partial charge >= 0.3 is 0 Å². The lowest BCUT2D eigenvalue weighted by atomic mass is 10.1. The van der Waals surface area contributed by atoms with E-state index < -0.39 is 0 Å². The van der Waals surface area contributed by atoms with Crippen LogP contribution in [0.4, 0.5) is 0 Å². The van der Waals surface area contributed by atoms with Crippen molar-refractivity contribution in [1.82, 2.24) is 9.80 Å². The summed E-state index contributed by atoms with van der Waals surface area (Å²) in [6, 6.07) is 5.45. The molecule has 0 aliphatic carbocycles. The van der Waals surface area contributed by atoms with Gasteiger partial charge in [0.05, 0.1) is 0 Å². The lowest BCUT2D eigenvalue weighted by Crippen LogP contribution is -2.30. The van der Waals surface area contributed by atoms with Crippen LogP contribution in [-0.4, -0.2) is 49.4 Å². The predicted octanol–water partition coefficient (Wildman–Crippen LogP) is 3.42. The molecular formula is C17H21ClN2O2. The van der Waals surface area contributed by atoms with E-state index in [1.807, 2.05) is 24.0 Å². The van der Waals surface area contributed by atoms with Gasteiger partial charge in [-0.1, -0.05) is 11.6 Å². The van der Waals surface area contributed by atoms with E-state index >= 15 is 0 Å². The monoisotopic (exact) mass is 320 g/mol. The molecule has 4 nitrogen and oxygen atoms in total. The van der Waals surface area contributed by atoms with Gasteiger partial charge in [-0.25, -0.2) is 0 Å². The molecule has 0 spiro atoms. The summed E-state index contributed by atoms with van der Waals surface area (Å²) in [5, 5.41) is 1.57. The molecular weight excluding hydrogens is 300 g/mol. The number of aryl methyl sites for hydroxylation is 1. The summed E-state index contributed by atoms with van der Waals surface area (Å²) in [6.07, 6.45) is 1.05. The highest BCUT2D eigenvalue weighted by molar-refractivity contribution is 6.31. The fourth-order valence-corrected chi connectivity index (χ4v) is 3.40. The second-order valence-electron chi connectivity index (χ2n) is 6.36. The van der Waals surface area contributed by atoms with E-state index in [0.717, 1.165) is 37.0 Å². The Labute approximate surface area is 135 Å². The standard InChI is InChI=1S/C17H21ClN2O2/c1-11-14-8-13(18)4-5-15(14)22-16(11)17(21)20-7-6-12(10-20)9-19(2)3/h4-5,8,12H,6-7,9-10H2,1-3H3/t12-/m0/s1. The summed E-state index contributed by atoms with van der Waals surface area (Å²) < 4.78 is 5.78. The van der Waals surface area contributed by atoms with Crippen LogP contribution >= 0.6 is 11.6 Å². The SMILES string of the molecule is Cc1c(C(=O)N2CC[C@@H](CN(C)C)C2)oc2ccc(Cl)cc12. The van der Waals surface area contributed by atoms with Gasteiger partial charge in [0.15, 0.2) is 5.76 Å². The Kier molecular flexibility index (Phi) is 4.15. The molecule has 1 amide bonds. The third kappa shape index (κ3) is 2.85. The molecule has 3 rings (SSSR count). The zero-order chi connectivity index (χ0) is 15.9. The topological polar surface area (TPSA) is 36.7 Å². The molecule has 1 aromatic heterocycles. The highest BCUT2D eigenvalue weighted by Gasteiger charge is 2.30. The van der Waals surface area contributed by atoms with Gasteiger partial charge in [0.2, 0.25) is 0 Å². The minimum absolute atomic E-state index is 0.00826. The van der Waals surface area contributed by atoms with E-state index in [-0.39, 0.29) is 5.91 Å². The highest BCUT2D eigenvalue weighted by Crippen LogP contribution is 2.30. The van der Waals surface area contributed by atoms with E-state index in [2.05, 4.69) is 19.0 Å². The maximum atomic E-state index is 12.7. The van der Waals surface area contributed by atoms with Crippen molar-refractivity contribution in [2.45, 2.75) is 13.3 Å². The second kappa shape index (κ2) is 5.94. The van der Waals surface area contributed by atoms with Crippen LogP contribution in [0.25, 0.3) is 11.0 Å². The smallest absolute Gasteiger partial charge is 0.289 e. The zero-order valence-electron chi connectivity index (χ0n) is 13.2. The van der Waals surface area contributed by atoms with Crippen LogP contribution < -0.4 is 0 Å². The Morgan fingerprint density at radius 1 is 1.45 bits per heavy atom. The largest absolute Gasteiger partial charge is 0.451 e. The fourth-order valence-electron chi connectivity index (χ4n) is 3.22. The van der Waals surface area contributed by atoms with E-state index in [1.165, 1.54) is 0 Å². The highest BCUT2D eigenvalue weighted by atomic mass is 35.5. The molecule has 2 aromatic rings. The van der Waals surface area contributed by atoms with Crippen LogP contribution in [0.1, 0.15) is 22.5 Å². The molecule has 2 heterocycles. The molecule has 0 bridgehead atoms. The van der Waals surface area contributed by atoms with Crippen molar-refractivity contribution in [2.24, 2.45) is 5.92 Å². The van der Waals surface area contributed by atoms with Gasteiger partial charge in [0, 0.05) is 35.6 Å². The number of rotatable bonds is 3. The van der Waals surface area contributed by atoms with Crippen LogP contribution in [0, 0.1) is 12.8 Å². The molecule has 1 aromatic carbocycles. The van der Waals surface area contributed by atoms with Crippen molar-refractivity contribution in [1.29, 1.82) is 0 Å². The number of halogens is 1. The second-order valence-corrected chi connectivity index (χ2v) is 6.80. The number of carbonyl (C=O) groups excluding carboxylic acids is 1. The molecule has 0 unspecified atom stereocenters. The van der Waals surface area contributed by atoms with Gasteiger partial charge in [-0.2, -0.15) is 0 Å². The van der Waals surface area contributed by atoms with Gasteiger partial charge in [-0.3, -0.25) is 4.79 Å². The number of hydrogen-bond acceptors (Lipinski definition) is 3. The first-order valence-corrected chi connectivity index (χ1v) is 7.96. The molecule has 1 fully saturated rings. The Morgan fingerprint density at radius 3 is 2.95 bits per heavy atom. The zero-order valence-corrected chi connectivity index (χ0v) is 14.0. The number of furan rings is 1. The lowest BCUT2D eigenvalue weighted by Gasteiger charge is -2.17. The predicted molar refractivity (Wildman–Crippen MR) is 88.5 cm³/mol. The van der Waals surface area contributed by atoms with Gasteiger partial charge < -0.3 is 14.2 Å². The molecule has 5 heteroatoms. The minimum atomic E-state index is -0.00826. The maximum Gasteiger partial charge on any atom is 0.289 e. The molecule has 0 N–H and O–H groups in total. The quantitative estimate of drug-likeness (QED) is 0.869. The van der Waals surface area contributed by atoms with Crippen LogP contribution in [-0.2, 0) is 0 Å². The normalized spacial score (nSPS) is 18.6. The minimum Gasteiger partial charge on any atom is -0.451 e. The first kappa shape index (κ1) is 15.4.